The predicted octanol–water partition coefficient (Wildman–Crippen LogP) is 3.07. The zero-order valence-electron chi connectivity index (χ0n) is 13.9. The Morgan fingerprint density at radius 2 is 2.04 bits per heavy atom. The van der Waals surface area contributed by atoms with E-state index in [-0.39, 0.29) is 5.91 Å². The number of aromatic nitrogens is 5. The number of rotatable bonds is 6. The highest BCUT2D eigenvalue weighted by Gasteiger charge is 2.23. The summed E-state index contributed by atoms with van der Waals surface area (Å²) < 4.78 is 1.67. The van der Waals surface area contributed by atoms with Crippen LogP contribution in [-0.4, -0.2) is 31.1 Å². The zero-order valence-corrected chi connectivity index (χ0v) is 14.7. The summed E-state index contributed by atoms with van der Waals surface area (Å²) in [6, 6.07) is 7.17. The van der Waals surface area contributed by atoms with Gasteiger partial charge in [0.25, 0.3) is 5.91 Å². The summed E-state index contributed by atoms with van der Waals surface area (Å²) in [5.41, 5.74) is 1.62. The summed E-state index contributed by atoms with van der Waals surface area (Å²) in [6.07, 6.45) is 1.47. The van der Waals surface area contributed by atoms with Crippen molar-refractivity contribution < 1.29 is 4.79 Å². The minimum absolute atomic E-state index is 0.152. The predicted molar refractivity (Wildman–Crippen MR) is 93.9 cm³/mol. The van der Waals surface area contributed by atoms with Crippen molar-refractivity contribution in [2.45, 2.75) is 39.7 Å². The highest BCUT2D eigenvalue weighted by Crippen LogP contribution is 2.22. The average molecular weight is 344 g/mol. The number of nitrogens with one attached hydrogen (secondary N) is 1. The van der Waals surface area contributed by atoms with Crippen LogP contribution in [0.2, 0.25) is 0 Å². The molecule has 1 aromatic carbocycles. The van der Waals surface area contributed by atoms with E-state index >= 15 is 0 Å². The van der Waals surface area contributed by atoms with Gasteiger partial charge in [-0.25, -0.2) is 4.68 Å². The third kappa shape index (κ3) is 3.43. The van der Waals surface area contributed by atoms with Crippen LogP contribution in [0.1, 0.15) is 38.2 Å². The van der Waals surface area contributed by atoms with E-state index in [9.17, 15) is 4.79 Å². The second kappa shape index (κ2) is 7.04. The van der Waals surface area contributed by atoms with Gasteiger partial charge in [-0.2, -0.15) is 0 Å². The zero-order chi connectivity index (χ0) is 17.1. The van der Waals surface area contributed by atoms with Gasteiger partial charge in [-0.3, -0.25) is 10.1 Å². The Balaban J connectivity index is 1.78. The lowest BCUT2D eigenvalue weighted by Gasteiger charge is -2.14. The van der Waals surface area contributed by atoms with Gasteiger partial charge in [0.1, 0.15) is 16.6 Å². The molecule has 0 bridgehead atoms. The molecule has 0 saturated heterocycles. The molecule has 8 heteroatoms. The molecule has 0 aliphatic rings. The van der Waals surface area contributed by atoms with Crippen LogP contribution < -0.4 is 5.32 Å². The van der Waals surface area contributed by atoms with E-state index in [2.05, 4.69) is 39.7 Å². The normalized spacial score (nSPS) is 12.7. The quantitative estimate of drug-likeness (QED) is 0.743. The Labute approximate surface area is 144 Å². The van der Waals surface area contributed by atoms with Crippen LogP contribution in [0, 0.1) is 5.92 Å². The fourth-order valence-corrected chi connectivity index (χ4v) is 3.47. The number of amides is 1. The van der Waals surface area contributed by atoms with Gasteiger partial charge in [0.2, 0.25) is 5.13 Å². The topological polar surface area (TPSA) is 85.6 Å². The molecule has 2 aromatic heterocycles. The summed E-state index contributed by atoms with van der Waals surface area (Å²) in [5.74, 6) is 0.354. The maximum absolute atomic E-state index is 12.7. The van der Waals surface area contributed by atoms with Crippen LogP contribution in [0.3, 0.4) is 0 Å². The molecule has 0 saturated carbocycles. The highest BCUT2D eigenvalue weighted by molar-refractivity contribution is 7.15. The lowest BCUT2D eigenvalue weighted by Crippen LogP contribution is -2.26. The first-order chi connectivity index (χ1) is 11.6. The van der Waals surface area contributed by atoms with Crippen molar-refractivity contribution in [3.8, 4) is 0 Å². The molecule has 0 aliphatic carbocycles. The van der Waals surface area contributed by atoms with E-state index in [4.69, 9.17) is 0 Å². The van der Waals surface area contributed by atoms with Crippen LogP contribution in [0.15, 0.2) is 24.3 Å². The van der Waals surface area contributed by atoms with E-state index < -0.39 is 6.04 Å². The number of fused-ring (bicyclic) bond motifs is 1. The third-order valence-corrected chi connectivity index (χ3v) is 4.50. The fourth-order valence-electron chi connectivity index (χ4n) is 2.51. The summed E-state index contributed by atoms with van der Waals surface area (Å²) in [4.78, 5) is 12.7. The Bertz CT molecular complexity index is 840. The number of hydrogen-bond donors (Lipinski definition) is 1. The fraction of sp³-hybridized carbons (Fsp3) is 0.438. The van der Waals surface area contributed by atoms with Crippen molar-refractivity contribution in [2.75, 3.05) is 5.32 Å². The van der Waals surface area contributed by atoms with Gasteiger partial charge in [0, 0.05) is 6.42 Å². The summed E-state index contributed by atoms with van der Waals surface area (Å²) in [5, 5.41) is 20.8. The van der Waals surface area contributed by atoms with Crippen LogP contribution >= 0.6 is 11.3 Å². The number of carbonyl (C=O) groups is 1. The molecule has 3 aromatic rings. The molecule has 1 N–H and O–H groups in total. The highest BCUT2D eigenvalue weighted by atomic mass is 32.1. The number of anilines is 1. The van der Waals surface area contributed by atoms with Gasteiger partial charge in [0.15, 0.2) is 0 Å². The first kappa shape index (κ1) is 16.5. The third-order valence-electron chi connectivity index (χ3n) is 3.64. The molecule has 0 radical (unpaired) electrons. The standard InChI is InChI=1S/C16H20N6OS/c1-4-12(22-13-8-6-5-7-11(13)18-21-22)15(23)17-16-20-19-14(24-16)9-10(2)3/h5-8,10,12H,4,9H2,1-3H3,(H,17,20,23). The van der Waals surface area contributed by atoms with Gasteiger partial charge in [-0.15, -0.1) is 15.3 Å². The van der Waals surface area contributed by atoms with Crippen LogP contribution in [0.25, 0.3) is 11.0 Å². The average Bonchev–Trinajstić information content (AvgIpc) is 3.15. The minimum atomic E-state index is -0.435. The van der Waals surface area contributed by atoms with Crippen LogP contribution in [0.4, 0.5) is 5.13 Å². The van der Waals surface area contributed by atoms with Crippen molar-refractivity contribution in [2.24, 2.45) is 5.92 Å². The van der Waals surface area contributed by atoms with Crippen molar-refractivity contribution in [3.05, 3.63) is 29.3 Å². The molecule has 7 nitrogen and oxygen atoms in total. The van der Waals surface area contributed by atoms with Gasteiger partial charge >= 0.3 is 0 Å². The molecule has 2 heterocycles. The number of nitrogens with zero attached hydrogens (tertiary/aromatic N) is 5. The van der Waals surface area contributed by atoms with Crippen LogP contribution in [-0.2, 0) is 11.2 Å². The Kier molecular flexibility index (Phi) is 4.84. The number of carbonyl (C=O) groups excluding carboxylic acids is 1. The van der Waals surface area contributed by atoms with Crippen LogP contribution in [0.5, 0.6) is 0 Å². The monoisotopic (exact) mass is 344 g/mol. The molecule has 24 heavy (non-hydrogen) atoms. The lowest BCUT2D eigenvalue weighted by molar-refractivity contribution is -0.119. The first-order valence-electron chi connectivity index (χ1n) is 8.01. The summed E-state index contributed by atoms with van der Waals surface area (Å²) in [7, 11) is 0. The molecular formula is C16H20N6OS. The molecule has 0 spiro atoms. The van der Waals surface area contributed by atoms with Crippen molar-refractivity contribution >= 4 is 33.4 Å². The maximum atomic E-state index is 12.7. The Morgan fingerprint density at radius 3 is 2.79 bits per heavy atom. The number of hydrogen-bond acceptors (Lipinski definition) is 6. The molecular weight excluding hydrogens is 324 g/mol. The molecule has 126 valence electrons. The lowest BCUT2D eigenvalue weighted by atomic mass is 10.1. The maximum Gasteiger partial charge on any atom is 0.251 e. The van der Waals surface area contributed by atoms with Crippen molar-refractivity contribution in [3.63, 3.8) is 0 Å². The Hall–Kier alpha value is -2.35. The van der Waals surface area contributed by atoms with Gasteiger partial charge in [-0.1, -0.05) is 49.5 Å². The van der Waals surface area contributed by atoms with Crippen molar-refractivity contribution in [1.82, 2.24) is 25.2 Å². The van der Waals surface area contributed by atoms with E-state index in [0.29, 0.717) is 17.5 Å². The minimum Gasteiger partial charge on any atom is -0.299 e. The largest absolute Gasteiger partial charge is 0.299 e. The number of para-hydroxylation sites is 1. The number of benzene rings is 1. The van der Waals surface area contributed by atoms with Crippen molar-refractivity contribution in [1.29, 1.82) is 0 Å². The summed E-state index contributed by atoms with van der Waals surface area (Å²) >= 11 is 1.42. The van der Waals surface area contributed by atoms with E-state index in [1.54, 1.807) is 4.68 Å². The SMILES string of the molecule is CCC(C(=O)Nc1nnc(CC(C)C)s1)n1nnc2ccccc21. The molecule has 1 atom stereocenters. The van der Waals surface area contributed by atoms with E-state index in [1.165, 1.54) is 11.3 Å². The van der Waals surface area contributed by atoms with Gasteiger partial charge < -0.3 is 0 Å². The van der Waals surface area contributed by atoms with E-state index in [1.807, 2.05) is 31.2 Å². The molecule has 0 aliphatic heterocycles. The van der Waals surface area contributed by atoms with Gasteiger partial charge in [0.05, 0.1) is 5.52 Å². The molecule has 1 unspecified atom stereocenters. The van der Waals surface area contributed by atoms with E-state index in [0.717, 1.165) is 22.5 Å². The molecule has 0 fully saturated rings. The first-order valence-corrected chi connectivity index (χ1v) is 8.83. The smallest absolute Gasteiger partial charge is 0.251 e. The second-order valence-corrected chi connectivity index (χ2v) is 7.10. The van der Waals surface area contributed by atoms with Gasteiger partial charge in [-0.05, 0) is 24.5 Å². The molecule has 1 amide bonds. The molecule has 3 rings (SSSR count). The Morgan fingerprint density at radius 1 is 1.25 bits per heavy atom. The summed E-state index contributed by atoms with van der Waals surface area (Å²) in [6.45, 7) is 6.20. The second-order valence-electron chi connectivity index (χ2n) is 6.03.